The van der Waals surface area contributed by atoms with E-state index in [1.54, 1.807) is 17.9 Å². The van der Waals surface area contributed by atoms with Crippen LogP contribution in [0.4, 0.5) is 0 Å². The molecule has 0 bridgehead atoms. The quantitative estimate of drug-likeness (QED) is 0.642. The zero-order chi connectivity index (χ0) is 23.5. The molecule has 3 amide bonds. The number of carbonyl (C=O) groups is 3. The maximum absolute atomic E-state index is 13.2. The first-order chi connectivity index (χ1) is 15.9. The Balaban J connectivity index is 1.41. The highest BCUT2D eigenvalue weighted by Gasteiger charge is 2.44. The molecule has 3 aliphatic rings. The normalized spacial score (nSPS) is 27.8. The van der Waals surface area contributed by atoms with Gasteiger partial charge in [0.25, 0.3) is 5.91 Å². The van der Waals surface area contributed by atoms with Gasteiger partial charge in [0, 0.05) is 38.2 Å². The number of carbonyl (C=O) groups excluding carboxylic acids is 3. The van der Waals surface area contributed by atoms with E-state index in [1.807, 2.05) is 4.90 Å². The van der Waals surface area contributed by atoms with Gasteiger partial charge in [0.05, 0.1) is 0 Å². The van der Waals surface area contributed by atoms with Crippen LogP contribution in [0.1, 0.15) is 74.5 Å². The summed E-state index contributed by atoms with van der Waals surface area (Å²) in [5, 5.41) is 7.03. The second kappa shape index (κ2) is 10.2. The number of rotatable bonds is 7. The minimum atomic E-state index is -0.560. The van der Waals surface area contributed by atoms with E-state index in [2.05, 4.69) is 10.5 Å². The van der Waals surface area contributed by atoms with Crippen molar-refractivity contribution in [2.24, 2.45) is 17.6 Å². The van der Waals surface area contributed by atoms with Gasteiger partial charge >= 0.3 is 0 Å². The Kier molecular flexibility index (Phi) is 7.36. The Hall–Kier alpha value is -2.42. The summed E-state index contributed by atoms with van der Waals surface area (Å²) < 4.78 is 5.11. The summed E-state index contributed by atoms with van der Waals surface area (Å²) in [5.74, 6) is 1.29. The van der Waals surface area contributed by atoms with Crippen molar-refractivity contribution < 1.29 is 18.9 Å². The third-order valence-corrected chi connectivity index (χ3v) is 7.56. The summed E-state index contributed by atoms with van der Waals surface area (Å²) in [6.07, 6.45) is 7.40. The van der Waals surface area contributed by atoms with E-state index in [0.29, 0.717) is 49.2 Å². The second-order valence-corrected chi connectivity index (χ2v) is 10.0. The van der Waals surface area contributed by atoms with E-state index in [-0.39, 0.29) is 29.8 Å². The summed E-state index contributed by atoms with van der Waals surface area (Å²) in [5.41, 5.74) is 6.10. The van der Waals surface area contributed by atoms with Crippen molar-refractivity contribution in [3.05, 3.63) is 17.5 Å². The van der Waals surface area contributed by atoms with Gasteiger partial charge in [0.1, 0.15) is 11.8 Å². The molecule has 3 N–H and O–H groups in total. The van der Waals surface area contributed by atoms with Crippen LogP contribution in [0, 0.1) is 18.8 Å². The van der Waals surface area contributed by atoms with Crippen LogP contribution in [0.2, 0.25) is 0 Å². The van der Waals surface area contributed by atoms with Crippen LogP contribution < -0.4 is 11.1 Å². The molecule has 2 heterocycles. The molecule has 1 aromatic rings. The number of amides is 3. The third-order valence-electron chi connectivity index (χ3n) is 7.56. The van der Waals surface area contributed by atoms with Crippen LogP contribution in [0.5, 0.6) is 0 Å². The third kappa shape index (κ3) is 5.57. The molecular formula is C24H37N5O4. The van der Waals surface area contributed by atoms with Gasteiger partial charge in [-0.2, -0.15) is 0 Å². The first kappa shape index (κ1) is 23.7. The fourth-order valence-corrected chi connectivity index (χ4v) is 5.44. The van der Waals surface area contributed by atoms with Crippen molar-refractivity contribution in [2.75, 3.05) is 19.6 Å². The van der Waals surface area contributed by atoms with Crippen LogP contribution >= 0.6 is 0 Å². The number of nitrogens with zero attached hydrogens (tertiary/aromatic N) is 3. The van der Waals surface area contributed by atoms with Gasteiger partial charge in [-0.15, -0.1) is 0 Å². The maximum atomic E-state index is 13.2. The number of piperidine rings is 1. The van der Waals surface area contributed by atoms with Crippen molar-refractivity contribution in [2.45, 2.75) is 83.3 Å². The van der Waals surface area contributed by atoms with Crippen molar-refractivity contribution >= 4 is 17.7 Å². The van der Waals surface area contributed by atoms with Crippen molar-refractivity contribution in [1.29, 1.82) is 0 Å². The first-order valence-electron chi connectivity index (χ1n) is 12.4. The molecule has 2 atom stereocenters. The highest BCUT2D eigenvalue weighted by Crippen LogP contribution is 2.35. The van der Waals surface area contributed by atoms with Crippen LogP contribution in [0.25, 0.3) is 0 Å². The topological polar surface area (TPSA) is 122 Å². The van der Waals surface area contributed by atoms with Crippen LogP contribution in [-0.4, -0.2) is 70.4 Å². The number of nitrogens with one attached hydrogen (secondary N) is 1. The van der Waals surface area contributed by atoms with Crippen molar-refractivity contribution in [3.8, 4) is 0 Å². The van der Waals surface area contributed by atoms with E-state index >= 15 is 0 Å². The minimum absolute atomic E-state index is 0.103. The highest BCUT2D eigenvalue weighted by atomic mass is 16.5. The smallest absolute Gasteiger partial charge is 0.276 e. The fraction of sp³-hybridized carbons (Fsp3) is 0.750. The maximum Gasteiger partial charge on any atom is 0.276 e. The molecule has 2 saturated carbocycles. The molecule has 33 heavy (non-hydrogen) atoms. The summed E-state index contributed by atoms with van der Waals surface area (Å²) in [6, 6.07) is 1.17. The number of likely N-dealkylation sites (tertiary alicyclic amines) is 1. The number of aryl methyl sites for hydroxylation is 1. The summed E-state index contributed by atoms with van der Waals surface area (Å²) >= 11 is 0. The predicted molar refractivity (Wildman–Crippen MR) is 122 cm³/mol. The molecule has 0 spiro atoms. The zero-order valence-corrected chi connectivity index (χ0v) is 19.8. The monoisotopic (exact) mass is 459 g/mol. The summed E-state index contributed by atoms with van der Waals surface area (Å²) in [7, 11) is 0. The Morgan fingerprint density at radius 1 is 1.12 bits per heavy atom. The van der Waals surface area contributed by atoms with E-state index in [1.165, 1.54) is 6.92 Å². The lowest BCUT2D eigenvalue weighted by Crippen LogP contribution is -2.58. The lowest BCUT2D eigenvalue weighted by Gasteiger charge is -2.42. The lowest BCUT2D eigenvalue weighted by molar-refractivity contribution is -0.142. The van der Waals surface area contributed by atoms with Gasteiger partial charge in [-0.3, -0.25) is 14.4 Å². The van der Waals surface area contributed by atoms with E-state index in [9.17, 15) is 14.4 Å². The van der Waals surface area contributed by atoms with E-state index < -0.39 is 6.04 Å². The van der Waals surface area contributed by atoms with Crippen molar-refractivity contribution in [3.63, 3.8) is 0 Å². The molecule has 1 saturated heterocycles. The molecule has 1 aromatic heterocycles. The van der Waals surface area contributed by atoms with Gasteiger partial charge in [0.2, 0.25) is 11.8 Å². The number of hydrogen-bond donors (Lipinski definition) is 2. The number of aromatic nitrogens is 1. The molecule has 4 rings (SSSR count). The SMILES string of the molecule is CC(=O)N1CCC(N(C(=O)c2cc(C)on2)C2CC2)C[C@@H]1C(=O)NCC1CCC(CN)CC1. The molecule has 1 aliphatic heterocycles. The molecular weight excluding hydrogens is 422 g/mol. The van der Waals surface area contributed by atoms with Gasteiger partial charge in [-0.1, -0.05) is 5.16 Å². The Labute approximate surface area is 195 Å². The van der Waals surface area contributed by atoms with Crippen molar-refractivity contribution in [1.82, 2.24) is 20.3 Å². The van der Waals surface area contributed by atoms with E-state index in [0.717, 1.165) is 45.1 Å². The molecule has 9 heteroatoms. The molecule has 9 nitrogen and oxygen atoms in total. The molecule has 1 unspecified atom stereocenters. The lowest BCUT2D eigenvalue weighted by atomic mass is 9.82. The largest absolute Gasteiger partial charge is 0.361 e. The van der Waals surface area contributed by atoms with Gasteiger partial charge in [-0.25, -0.2) is 0 Å². The Morgan fingerprint density at radius 2 is 1.82 bits per heavy atom. The summed E-state index contributed by atoms with van der Waals surface area (Å²) in [4.78, 5) is 42.3. The average Bonchev–Trinajstić information content (AvgIpc) is 3.56. The molecule has 0 aromatic carbocycles. The van der Waals surface area contributed by atoms with Crippen LogP contribution in [0.15, 0.2) is 10.6 Å². The molecule has 2 aliphatic carbocycles. The zero-order valence-electron chi connectivity index (χ0n) is 19.8. The minimum Gasteiger partial charge on any atom is -0.361 e. The molecule has 182 valence electrons. The standard InChI is InChI=1S/C24H37N5O4/c1-15-11-21(27-33-15)24(32)29(19-7-8-19)20-9-10-28(16(2)30)22(12-20)23(31)26-14-18-5-3-17(13-25)4-6-18/h11,17-20,22H,3-10,12-14,25H2,1-2H3,(H,26,31)/t17?,18?,20?,22-/m1/s1. The van der Waals surface area contributed by atoms with Gasteiger partial charge in [0.15, 0.2) is 5.69 Å². The Morgan fingerprint density at radius 3 is 2.39 bits per heavy atom. The first-order valence-corrected chi connectivity index (χ1v) is 12.4. The second-order valence-electron chi connectivity index (χ2n) is 10.0. The Bertz CT molecular complexity index is 859. The van der Waals surface area contributed by atoms with Gasteiger partial charge < -0.3 is 25.4 Å². The fourth-order valence-electron chi connectivity index (χ4n) is 5.44. The summed E-state index contributed by atoms with van der Waals surface area (Å²) in [6.45, 7) is 5.11. The highest BCUT2D eigenvalue weighted by molar-refractivity contribution is 5.93. The van der Waals surface area contributed by atoms with Gasteiger partial charge in [-0.05, 0) is 76.7 Å². The molecule has 0 radical (unpaired) electrons. The van der Waals surface area contributed by atoms with E-state index in [4.69, 9.17) is 10.3 Å². The van der Waals surface area contributed by atoms with Crippen LogP contribution in [0.3, 0.4) is 0 Å². The predicted octanol–water partition coefficient (Wildman–Crippen LogP) is 1.85. The molecule has 3 fully saturated rings. The average molecular weight is 460 g/mol. The number of hydrogen-bond acceptors (Lipinski definition) is 6. The number of nitrogens with two attached hydrogens (primary N) is 1. The van der Waals surface area contributed by atoms with Crippen LogP contribution in [-0.2, 0) is 9.59 Å².